The van der Waals surface area contributed by atoms with E-state index in [4.69, 9.17) is 20.9 Å². The zero-order chi connectivity index (χ0) is 16.9. The van der Waals surface area contributed by atoms with Crippen molar-refractivity contribution in [1.29, 1.82) is 0 Å². The van der Waals surface area contributed by atoms with E-state index in [1.165, 1.54) is 0 Å². The van der Waals surface area contributed by atoms with Crippen LogP contribution in [0.1, 0.15) is 44.3 Å². The summed E-state index contributed by atoms with van der Waals surface area (Å²) < 4.78 is 11.1. The van der Waals surface area contributed by atoms with Crippen LogP contribution in [0.25, 0.3) is 0 Å². The Morgan fingerprint density at radius 1 is 1.38 bits per heavy atom. The molecule has 2 aromatic rings. The SMILES string of the molecule is CC(C)c1noc(CN2CCC(COc3ncccc3Cl)CC2)n1. The molecule has 0 amide bonds. The van der Waals surface area contributed by atoms with Crippen molar-refractivity contribution in [2.45, 2.75) is 39.2 Å². The predicted molar refractivity (Wildman–Crippen MR) is 91.1 cm³/mol. The molecule has 7 heteroatoms. The van der Waals surface area contributed by atoms with Gasteiger partial charge >= 0.3 is 0 Å². The van der Waals surface area contributed by atoms with Crippen molar-refractivity contribution >= 4 is 11.6 Å². The van der Waals surface area contributed by atoms with Crippen LogP contribution in [-0.4, -0.2) is 39.7 Å². The first-order valence-corrected chi connectivity index (χ1v) is 8.77. The molecular formula is C17H23ClN4O2. The molecular weight excluding hydrogens is 328 g/mol. The lowest BCUT2D eigenvalue weighted by Gasteiger charge is -2.30. The van der Waals surface area contributed by atoms with E-state index in [0.717, 1.165) is 38.3 Å². The molecule has 6 nitrogen and oxygen atoms in total. The number of aromatic nitrogens is 3. The van der Waals surface area contributed by atoms with Gasteiger partial charge in [-0.1, -0.05) is 30.6 Å². The first-order chi connectivity index (χ1) is 11.6. The lowest BCUT2D eigenvalue weighted by Crippen LogP contribution is -2.35. The highest BCUT2D eigenvalue weighted by atomic mass is 35.5. The number of likely N-dealkylation sites (tertiary alicyclic amines) is 1. The van der Waals surface area contributed by atoms with Crippen molar-refractivity contribution < 1.29 is 9.26 Å². The fourth-order valence-electron chi connectivity index (χ4n) is 2.74. The number of halogens is 1. The van der Waals surface area contributed by atoms with Crippen molar-refractivity contribution in [1.82, 2.24) is 20.0 Å². The maximum atomic E-state index is 6.06. The van der Waals surface area contributed by atoms with Gasteiger partial charge in [-0.25, -0.2) is 4.98 Å². The molecule has 3 rings (SSSR count). The number of piperidine rings is 1. The highest BCUT2D eigenvalue weighted by molar-refractivity contribution is 6.31. The van der Waals surface area contributed by atoms with Gasteiger partial charge in [0.15, 0.2) is 5.82 Å². The van der Waals surface area contributed by atoms with Gasteiger partial charge in [-0.2, -0.15) is 4.98 Å². The van der Waals surface area contributed by atoms with Gasteiger partial charge in [0.25, 0.3) is 0 Å². The Labute approximate surface area is 147 Å². The zero-order valence-corrected chi connectivity index (χ0v) is 14.9. The summed E-state index contributed by atoms with van der Waals surface area (Å²) in [6, 6.07) is 3.60. The van der Waals surface area contributed by atoms with Crippen LogP contribution in [0.3, 0.4) is 0 Å². The number of ether oxygens (including phenoxy) is 1. The Bertz CT molecular complexity index is 654. The summed E-state index contributed by atoms with van der Waals surface area (Å²) in [4.78, 5) is 10.9. The quantitative estimate of drug-likeness (QED) is 0.794. The van der Waals surface area contributed by atoms with Gasteiger partial charge in [-0.3, -0.25) is 4.90 Å². The number of rotatable bonds is 6. The van der Waals surface area contributed by atoms with Crippen molar-refractivity contribution in [3.63, 3.8) is 0 Å². The second-order valence-corrected chi connectivity index (χ2v) is 6.93. The normalized spacial score (nSPS) is 16.7. The number of pyridine rings is 1. The van der Waals surface area contributed by atoms with Crippen LogP contribution < -0.4 is 4.74 Å². The average Bonchev–Trinajstić information content (AvgIpc) is 3.04. The standard InChI is InChI=1S/C17H23ClN4O2/c1-12(2)16-20-15(24-21-16)10-22-8-5-13(6-9-22)11-23-17-14(18)4-3-7-19-17/h3-4,7,12-13H,5-6,8-11H2,1-2H3. The second-order valence-electron chi connectivity index (χ2n) is 6.52. The minimum Gasteiger partial charge on any atom is -0.476 e. The van der Waals surface area contributed by atoms with Gasteiger partial charge in [-0.15, -0.1) is 0 Å². The van der Waals surface area contributed by atoms with Gasteiger partial charge in [0.1, 0.15) is 5.02 Å². The third kappa shape index (κ3) is 4.45. The second kappa shape index (κ2) is 7.94. The molecule has 0 saturated carbocycles. The predicted octanol–water partition coefficient (Wildman–Crippen LogP) is 3.53. The number of hydrogen-bond acceptors (Lipinski definition) is 6. The molecule has 0 unspecified atom stereocenters. The summed E-state index contributed by atoms with van der Waals surface area (Å²) in [5, 5.41) is 4.58. The van der Waals surface area contributed by atoms with E-state index in [1.54, 1.807) is 18.3 Å². The van der Waals surface area contributed by atoms with E-state index in [1.807, 2.05) is 0 Å². The average molecular weight is 351 g/mol. The third-order valence-corrected chi connectivity index (χ3v) is 4.53. The molecule has 1 fully saturated rings. The van der Waals surface area contributed by atoms with Crippen molar-refractivity contribution in [3.8, 4) is 5.88 Å². The maximum absolute atomic E-state index is 6.06. The Hall–Kier alpha value is -1.66. The molecule has 0 N–H and O–H groups in total. The minimum absolute atomic E-state index is 0.295. The molecule has 0 aromatic carbocycles. The van der Waals surface area contributed by atoms with E-state index in [2.05, 4.69) is 33.9 Å². The van der Waals surface area contributed by atoms with Gasteiger partial charge in [0.2, 0.25) is 11.8 Å². The highest BCUT2D eigenvalue weighted by Gasteiger charge is 2.22. The molecule has 1 saturated heterocycles. The molecule has 0 aliphatic carbocycles. The summed E-state index contributed by atoms with van der Waals surface area (Å²) >= 11 is 6.06. The van der Waals surface area contributed by atoms with E-state index in [9.17, 15) is 0 Å². The topological polar surface area (TPSA) is 64.3 Å². The van der Waals surface area contributed by atoms with Crippen molar-refractivity contribution in [2.24, 2.45) is 5.92 Å². The molecule has 2 aromatic heterocycles. The molecule has 0 bridgehead atoms. The van der Waals surface area contributed by atoms with E-state index >= 15 is 0 Å². The van der Waals surface area contributed by atoms with Crippen LogP contribution in [0, 0.1) is 5.92 Å². The fourth-order valence-corrected chi connectivity index (χ4v) is 2.92. The molecule has 0 radical (unpaired) electrons. The fraction of sp³-hybridized carbons (Fsp3) is 0.588. The van der Waals surface area contributed by atoms with Crippen LogP contribution in [0.15, 0.2) is 22.9 Å². The first-order valence-electron chi connectivity index (χ1n) is 8.40. The Morgan fingerprint density at radius 2 is 2.17 bits per heavy atom. The summed E-state index contributed by atoms with van der Waals surface area (Å²) in [6.45, 7) is 7.51. The van der Waals surface area contributed by atoms with Gasteiger partial charge in [0.05, 0.1) is 13.2 Å². The van der Waals surface area contributed by atoms with Crippen LogP contribution in [0.2, 0.25) is 5.02 Å². The minimum atomic E-state index is 0.295. The van der Waals surface area contributed by atoms with Crippen molar-refractivity contribution in [2.75, 3.05) is 19.7 Å². The number of nitrogens with zero attached hydrogens (tertiary/aromatic N) is 4. The summed E-state index contributed by atoms with van der Waals surface area (Å²) in [7, 11) is 0. The summed E-state index contributed by atoms with van der Waals surface area (Å²) in [6.07, 6.45) is 3.85. The Balaban J connectivity index is 1.43. The monoisotopic (exact) mass is 350 g/mol. The Kier molecular flexibility index (Phi) is 5.68. The molecule has 1 aliphatic rings. The lowest BCUT2D eigenvalue weighted by molar-refractivity contribution is 0.125. The molecule has 130 valence electrons. The van der Waals surface area contributed by atoms with Crippen LogP contribution >= 0.6 is 11.6 Å². The largest absolute Gasteiger partial charge is 0.476 e. The van der Waals surface area contributed by atoms with E-state index in [0.29, 0.717) is 35.2 Å². The van der Waals surface area contributed by atoms with Gasteiger partial charge in [0, 0.05) is 12.1 Å². The van der Waals surface area contributed by atoms with E-state index in [-0.39, 0.29) is 0 Å². The molecule has 24 heavy (non-hydrogen) atoms. The van der Waals surface area contributed by atoms with Crippen LogP contribution in [-0.2, 0) is 6.54 Å². The summed E-state index contributed by atoms with van der Waals surface area (Å²) in [5.41, 5.74) is 0. The van der Waals surface area contributed by atoms with Crippen LogP contribution in [0.4, 0.5) is 0 Å². The van der Waals surface area contributed by atoms with Gasteiger partial charge in [-0.05, 0) is 44.0 Å². The number of hydrogen-bond donors (Lipinski definition) is 0. The molecule has 0 atom stereocenters. The van der Waals surface area contributed by atoms with Crippen molar-refractivity contribution in [3.05, 3.63) is 35.1 Å². The van der Waals surface area contributed by atoms with Crippen LogP contribution in [0.5, 0.6) is 5.88 Å². The van der Waals surface area contributed by atoms with Gasteiger partial charge < -0.3 is 9.26 Å². The molecule has 0 spiro atoms. The highest BCUT2D eigenvalue weighted by Crippen LogP contribution is 2.24. The zero-order valence-electron chi connectivity index (χ0n) is 14.1. The smallest absolute Gasteiger partial charge is 0.240 e. The van der Waals surface area contributed by atoms with E-state index < -0.39 is 0 Å². The molecule has 1 aliphatic heterocycles. The first kappa shape index (κ1) is 17.2. The third-order valence-electron chi connectivity index (χ3n) is 4.25. The molecule has 3 heterocycles. The maximum Gasteiger partial charge on any atom is 0.240 e. The lowest BCUT2D eigenvalue weighted by atomic mass is 9.98. The Morgan fingerprint density at radius 3 is 2.83 bits per heavy atom. The summed E-state index contributed by atoms with van der Waals surface area (Å²) in [5.74, 6) is 2.82.